The van der Waals surface area contributed by atoms with E-state index in [0.29, 0.717) is 0 Å². The minimum absolute atomic E-state index is 0.296. The fourth-order valence-corrected chi connectivity index (χ4v) is 3.49. The van der Waals surface area contributed by atoms with Crippen molar-refractivity contribution in [1.29, 1.82) is 5.41 Å². The van der Waals surface area contributed by atoms with Gasteiger partial charge in [0, 0.05) is 13.1 Å². The molecule has 0 saturated carbocycles. The quantitative estimate of drug-likeness (QED) is 0.596. The second-order valence-corrected chi connectivity index (χ2v) is 7.82. The summed E-state index contributed by atoms with van der Waals surface area (Å²) in [7, 11) is 1.90. The van der Waals surface area contributed by atoms with Gasteiger partial charge >= 0.3 is 0 Å². The molecule has 0 bridgehead atoms. The number of hydrogen-bond donors (Lipinski definition) is 2. The van der Waals surface area contributed by atoms with Crippen molar-refractivity contribution in [1.82, 2.24) is 5.09 Å². The fourth-order valence-electron chi connectivity index (χ4n) is 1.84. The lowest BCUT2D eigenvalue weighted by molar-refractivity contribution is 0.169. The molecule has 2 unspecified atom stereocenters. The van der Waals surface area contributed by atoms with E-state index in [-0.39, 0.29) is 5.34 Å². The van der Waals surface area contributed by atoms with Crippen molar-refractivity contribution >= 4 is 24.9 Å². The Morgan fingerprint density at radius 2 is 2.06 bits per heavy atom. The average molecular weight is 284 g/mol. The van der Waals surface area contributed by atoms with Gasteiger partial charge in [0.15, 0.2) is 0 Å². The lowest BCUT2D eigenvalue weighted by Gasteiger charge is -2.32. The summed E-state index contributed by atoms with van der Waals surface area (Å²) >= 11 is 5.52. The molecular formula is C13H21N2OPS. The molecule has 0 aliphatic heterocycles. The first-order valence-corrected chi connectivity index (χ1v) is 8.70. The van der Waals surface area contributed by atoms with Gasteiger partial charge in [0.25, 0.3) is 0 Å². The summed E-state index contributed by atoms with van der Waals surface area (Å²) in [5.41, 5.74) is 0.872. The summed E-state index contributed by atoms with van der Waals surface area (Å²) in [6, 6.07) is 7.55. The maximum atomic E-state index is 7.17. The van der Waals surface area contributed by atoms with Crippen molar-refractivity contribution in [3.05, 3.63) is 29.8 Å². The Bertz CT molecular complexity index is 422. The molecule has 1 aromatic rings. The zero-order chi connectivity index (χ0) is 13.6. The van der Waals surface area contributed by atoms with Gasteiger partial charge in [-0.2, -0.15) is 0 Å². The molecule has 5 heteroatoms. The number of rotatable bonds is 7. The third-order valence-electron chi connectivity index (χ3n) is 2.82. The van der Waals surface area contributed by atoms with Crippen molar-refractivity contribution in [2.75, 3.05) is 7.05 Å². The average Bonchev–Trinajstić information content (AvgIpc) is 2.39. The van der Waals surface area contributed by atoms with Gasteiger partial charge in [-0.3, -0.25) is 5.09 Å². The second-order valence-electron chi connectivity index (χ2n) is 4.38. The zero-order valence-electron chi connectivity index (χ0n) is 11.1. The molecular weight excluding hydrogens is 263 g/mol. The molecule has 0 amide bonds. The van der Waals surface area contributed by atoms with E-state index in [9.17, 15) is 0 Å². The largest absolute Gasteiger partial charge is 0.481 e. The van der Waals surface area contributed by atoms with E-state index in [0.717, 1.165) is 24.2 Å². The predicted octanol–water partition coefficient (Wildman–Crippen LogP) is 3.39. The van der Waals surface area contributed by atoms with Crippen molar-refractivity contribution in [2.24, 2.45) is 0 Å². The van der Waals surface area contributed by atoms with Crippen molar-refractivity contribution in [3.63, 3.8) is 0 Å². The molecule has 0 aromatic heterocycles. The third kappa shape index (κ3) is 3.91. The molecule has 0 radical (unpaired) electrons. The highest BCUT2D eigenvalue weighted by atomic mass is 32.4. The third-order valence-corrected chi connectivity index (χ3v) is 6.50. The van der Waals surface area contributed by atoms with Crippen molar-refractivity contribution in [3.8, 4) is 5.75 Å². The van der Waals surface area contributed by atoms with E-state index in [1.807, 2.05) is 31.3 Å². The van der Waals surface area contributed by atoms with Crippen LogP contribution in [0.2, 0.25) is 0 Å². The van der Waals surface area contributed by atoms with Crippen LogP contribution in [0, 0.1) is 5.41 Å². The molecule has 0 aliphatic rings. The Morgan fingerprint density at radius 1 is 1.44 bits per heavy atom. The summed E-state index contributed by atoms with van der Waals surface area (Å²) in [5, 5.41) is 10.1. The van der Waals surface area contributed by atoms with Gasteiger partial charge in [0.05, 0.1) is 0 Å². The smallest absolute Gasteiger partial charge is 0.143 e. The first-order valence-electron chi connectivity index (χ1n) is 6.07. The Kier molecular flexibility index (Phi) is 6.00. The highest BCUT2D eigenvalue weighted by Crippen LogP contribution is 2.40. The Balaban J connectivity index is 2.88. The maximum Gasteiger partial charge on any atom is 0.143 e. The Labute approximate surface area is 115 Å². The van der Waals surface area contributed by atoms with E-state index >= 15 is 0 Å². The van der Waals surface area contributed by atoms with Gasteiger partial charge in [-0.1, -0.05) is 25.2 Å². The number of hydrogen-bond acceptors (Lipinski definition) is 3. The molecule has 0 aliphatic carbocycles. The zero-order valence-corrected chi connectivity index (χ0v) is 12.9. The maximum absolute atomic E-state index is 7.17. The second kappa shape index (κ2) is 7.03. The van der Waals surface area contributed by atoms with Crippen molar-refractivity contribution < 1.29 is 4.74 Å². The Morgan fingerprint density at radius 3 is 2.50 bits per heavy atom. The van der Waals surface area contributed by atoms with Gasteiger partial charge in [0.1, 0.15) is 11.1 Å². The molecule has 0 saturated heterocycles. The summed E-state index contributed by atoms with van der Waals surface area (Å²) in [4.78, 5) is 0. The van der Waals surface area contributed by atoms with Gasteiger partial charge < -0.3 is 10.1 Å². The molecule has 0 spiro atoms. The standard InChI is InChI=1S/C13H21N2OPS/c1-4-9-13(2,17(18)15-3)16-12-7-5-11(10-14)6-8-12/h5-8,10,14,17H,4,9H2,1-3H3,(H,15,18). The van der Waals surface area contributed by atoms with E-state index in [1.165, 1.54) is 6.21 Å². The normalized spacial score (nSPS) is 15.7. The molecule has 2 N–H and O–H groups in total. The minimum Gasteiger partial charge on any atom is -0.481 e. The monoisotopic (exact) mass is 284 g/mol. The van der Waals surface area contributed by atoms with Crippen LogP contribution in [0.4, 0.5) is 0 Å². The van der Waals surface area contributed by atoms with Crippen LogP contribution < -0.4 is 9.82 Å². The lowest BCUT2D eigenvalue weighted by atomic mass is 10.2. The highest BCUT2D eigenvalue weighted by Gasteiger charge is 2.28. The van der Waals surface area contributed by atoms with Crippen LogP contribution >= 0.6 is 6.85 Å². The highest BCUT2D eigenvalue weighted by molar-refractivity contribution is 8.04. The van der Waals surface area contributed by atoms with Gasteiger partial charge in [0.2, 0.25) is 0 Å². The molecule has 0 fully saturated rings. The summed E-state index contributed by atoms with van der Waals surface area (Å²) in [6.45, 7) is 3.05. The number of benzene rings is 1. The number of ether oxygens (including phenoxy) is 1. The first kappa shape index (κ1) is 15.4. The molecule has 1 aromatic carbocycles. The minimum atomic E-state index is -1.18. The topological polar surface area (TPSA) is 45.1 Å². The van der Waals surface area contributed by atoms with E-state index in [2.05, 4.69) is 18.9 Å². The van der Waals surface area contributed by atoms with Crippen LogP contribution in [0.5, 0.6) is 5.75 Å². The Hall–Kier alpha value is -0.700. The van der Waals surface area contributed by atoms with Gasteiger partial charge in [-0.25, -0.2) is 0 Å². The molecule has 100 valence electrons. The fraction of sp³-hybridized carbons (Fsp3) is 0.462. The summed E-state index contributed by atoms with van der Waals surface area (Å²) in [5.74, 6) is 0.819. The molecule has 3 nitrogen and oxygen atoms in total. The van der Waals surface area contributed by atoms with Crippen LogP contribution in [0.15, 0.2) is 24.3 Å². The van der Waals surface area contributed by atoms with Crippen LogP contribution in [0.1, 0.15) is 32.3 Å². The van der Waals surface area contributed by atoms with Crippen molar-refractivity contribution in [2.45, 2.75) is 32.0 Å². The molecule has 2 atom stereocenters. The van der Waals surface area contributed by atoms with Gasteiger partial charge in [-0.15, -0.1) is 0 Å². The molecule has 18 heavy (non-hydrogen) atoms. The SMILES string of the molecule is CCCC(C)(Oc1ccc(C=N)cc1)[PH](=S)NC. The summed E-state index contributed by atoms with van der Waals surface area (Å²) < 4.78 is 6.10. The lowest BCUT2D eigenvalue weighted by Crippen LogP contribution is -2.30. The van der Waals surface area contributed by atoms with Crippen LogP contribution in [-0.4, -0.2) is 18.6 Å². The molecule has 0 heterocycles. The van der Waals surface area contributed by atoms with E-state index < -0.39 is 6.85 Å². The van der Waals surface area contributed by atoms with Crippen LogP contribution in [0.3, 0.4) is 0 Å². The van der Waals surface area contributed by atoms with Crippen LogP contribution in [0.25, 0.3) is 0 Å². The number of nitrogens with one attached hydrogen (secondary N) is 2. The first-order chi connectivity index (χ1) is 8.55. The van der Waals surface area contributed by atoms with Crippen LogP contribution in [-0.2, 0) is 11.8 Å². The predicted molar refractivity (Wildman–Crippen MR) is 83.0 cm³/mol. The summed E-state index contributed by atoms with van der Waals surface area (Å²) in [6.07, 6.45) is 3.31. The molecule has 1 rings (SSSR count). The van der Waals surface area contributed by atoms with Gasteiger partial charge in [-0.05, 0) is 50.2 Å². The van der Waals surface area contributed by atoms with E-state index in [4.69, 9.17) is 22.0 Å². The van der Waals surface area contributed by atoms with E-state index in [1.54, 1.807) is 0 Å².